The summed E-state index contributed by atoms with van der Waals surface area (Å²) in [7, 11) is -2.47. The van der Waals surface area contributed by atoms with Gasteiger partial charge in [-0.15, -0.1) is 0 Å². The van der Waals surface area contributed by atoms with Gasteiger partial charge in [-0.1, -0.05) is 12.8 Å². The predicted molar refractivity (Wildman–Crippen MR) is 111 cm³/mol. The first-order valence-corrected chi connectivity index (χ1v) is 11.5. The highest BCUT2D eigenvalue weighted by Gasteiger charge is 2.29. The Balaban J connectivity index is 1.68. The summed E-state index contributed by atoms with van der Waals surface area (Å²) in [4.78, 5) is 24.2. The maximum atomic E-state index is 13.2. The molecule has 1 saturated heterocycles. The molecule has 9 nitrogen and oxygen atoms in total. The molecule has 1 fully saturated rings. The van der Waals surface area contributed by atoms with E-state index in [0.29, 0.717) is 18.8 Å². The molecule has 1 amide bonds. The van der Waals surface area contributed by atoms with E-state index in [0.717, 1.165) is 25.7 Å². The summed E-state index contributed by atoms with van der Waals surface area (Å²) in [6.45, 7) is 0.524. The standard InChI is InChI=1S/C21H26N2O7S/c1-28-18-9-8-16(13-19(18)31(26,27)23-10-4-2-3-5-11-23)21(25)30-15-20(24)22-14-17-7-6-12-29-17/h6-9,12-13H,2-5,10-11,14-15H2,1H3,(H,22,24). The molecule has 1 aliphatic rings. The highest BCUT2D eigenvalue weighted by Crippen LogP contribution is 2.29. The fourth-order valence-corrected chi connectivity index (χ4v) is 4.99. The van der Waals surface area contributed by atoms with E-state index in [1.165, 1.54) is 35.9 Å². The number of rotatable bonds is 8. The van der Waals surface area contributed by atoms with Crippen molar-refractivity contribution in [2.45, 2.75) is 37.1 Å². The van der Waals surface area contributed by atoms with Crippen molar-refractivity contribution in [1.29, 1.82) is 0 Å². The number of carbonyl (C=O) groups excluding carboxylic acids is 2. The van der Waals surface area contributed by atoms with Crippen LogP contribution in [0, 0.1) is 0 Å². The normalized spacial score (nSPS) is 15.1. The van der Waals surface area contributed by atoms with Crippen molar-refractivity contribution < 1.29 is 31.9 Å². The zero-order valence-corrected chi connectivity index (χ0v) is 18.2. The molecule has 0 aliphatic carbocycles. The van der Waals surface area contributed by atoms with Crippen LogP contribution in [0.25, 0.3) is 0 Å². The minimum absolute atomic E-state index is 0.0213. The summed E-state index contributed by atoms with van der Waals surface area (Å²) in [6.07, 6.45) is 5.03. The molecule has 0 spiro atoms. The molecular formula is C21H26N2O7S. The second kappa shape index (κ2) is 10.5. The van der Waals surface area contributed by atoms with Gasteiger partial charge in [-0.2, -0.15) is 4.31 Å². The van der Waals surface area contributed by atoms with Crippen LogP contribution in [-0.4, -0.2) is 51.4 Å². The minimum atomic E-state index is -3.84. The number of nitrogens with one attached hydrogen (secondary N) is 1. The first-order valence-electron chi connectivity index (χ1n) is 10.1. The van der Waals surface area contributed by atoms with Crippen LogP contribution in [0.3, 0.4) is 0 Å². The lowest BCUT2D eigenvalue weighted by Gasteiger charge is -2.21. The molecule has 1 aromatic heterocycles. The Morgan fingerprint density at radius 3 is 2.52 bits per heavy atom. The molecule has 0 atom stereocenters. The first kappa shape index (κ1) is 22.8. The van der Waals surface area contributed by atoms with Gasteiger partial charge in [0, 0.05) is 13.1 Å². The molecule has 1 N–H and O–H groups in total. The van der Waals surface area contributed by atoms with Crippen LogP contribution < -0.4 is 10.1 Å². The van der Waals surface area contributed by atoms with E-state index in [2.05, 4.69) is 5.32 Å². The molecule has 168 valence electrons. The molecule has 2 aromatic rings. The van der Waals surface area contributed by atoms with Crippen molar-refractivity contribution in [3.8, 4) is 5.75 Å². The zero-order valence-electron chi connectivity index (χ0n) is 17.3. The summed E-state index contributed by atoms with van der Waals surface area (Å²) in [5, 5.41) is 2.56. The third kappa shape index (κ3) is 5.86. The van der Waals surface area contributed by atoms with Crippen LogP contribution in [0.2, 0.25) is 0 Å². The van der Waals surface area contributed by atoms with Gasteiger partial charge in [0.05, 0.1) is 25.5 Å². The minimum Gasteiger partial charge on any atom is -0.495 e. The maximum Gasteiger partial charge on any atom is 0.338 e. The number of hydrogen-bond donors (Lipinski definition) is 1. The van der Waals surface area contributed by atoms with Gasteiger partial charge in [0.25, 0.3) is 5.91 Å². The molecule has 31 heavy (non-hydrogen) atoms. The largest absolute Gasteiger partial charge is 0.495 e. The Labute approximate surface area is 181 Å². The number of ether oxygens (including phenoxy) is 2. The topological polar surface area (TPSA) is 115 Å². The predicted octanol–water partition coefficient (Wildman–Crippen LogP) is 2.33. The van der Waals surface area contributed by atoms with E-state index in [4.69, 9.17) is 13.9 Å². The number of furan rings is 1. The number of nitrogens with zero attached hydrogens (tertiary/aromatic N) is 1. The second-order valence-electron chi connectivity index (χ2n) is 7.12. The molecule has 0 radical (unpaired) electrons. The summed E-state index contributed by atoms with van der Waals surface area (Å²) in [5.74, 6) is -0.589. The Kier molecular flexibility index (Phi) is 7.69. The molecule has 1 aliphatic heterocycles. The quantitative estimate of drug-likeness (QED) is 0.614. The van der Waals surface area contributed by atoms with Crippen molar-refractivity contribution in [3.05, 3.63) is 47.9 Å². The summed E-state index contributed by atoms with van der Waals surface area (Å²) in [6, 6.07) is 7.46. The molecule has 10 heteroatoms. The molecule has 1 aromatic carbocycles. The van der Waals surface area contributed by atoms with Gasteiger partial charge in [0.2, 0.25) is 10.0 Å². The van der Waals surface area contributed by atoms with E-state index in [1.54, 1.807) is 12.1 Å². The van der Waals surface area contributed by atoms with E-state index < -0.39 is 28.5 Å². The van der Waals surface area contributed by atoms with Gasteiger partial charge < -0.3 is 19.2 Å². The third-order valence-corrected chi connectivity index (χ3v) is 6.88. The van der Waals surface area contributed by atoms with Crippen molar-refractivity contribution >= 4 is 21.9 Å². The number of methoxy groups -OCH3 is 1. The van der Waals surface area contributed by atoms with Crippen LogP contribution in [0.1, 0.15) is 41.8 Å². The van der Waals surface area contributed by atoms with Gasteiger partial charge in [0.15, 0.2) is 6.61 Å². The number of carbonyl (C=O) groups is 2. The highest BCUT2D eigenvalue weighted by atomic mass is 32.2. The SMILES string of the molecule is COc1ccc(C(=O)OCC(=O)NCc2ccco2)cc1S(=O)(=O)N1CCCCCC1. The summed E-state index contributed by atoms with van der Waals surface area (Å²) < 4.78 is 43.2. The van der Waals surface area contributed by atoms with E-state index >= 15 is 0 Å². The molecule has 0 bridgehead atoms. The number of sulfonamides is 1. The van der Waals surface area contributed by atoms with Crippen LogP contribution >= 0.6 is 0 Å². The van der Waals surface area contributed by atoms with Crippen molar-refractivity contribution in [1.82, 2.24) is 9.62 Å². The maximum absolute atomic E-state index is 13.2. The number of benzene rings is 1. The van der Waals surface area contributed by atoms with E-state index in [9.17, 15) is 18.0 Å². The lowest BCUT2D eigenvalue weighted by molar-refractivity contribution is -0.124. The van der Waals surface area contributed by atoms with Crippen LogP contribution in [0.4, 0.5) is 0 Å². The van der Waals surface area contributed by atoms with Gasteiger partial charge in [0.1, 0.15) is 16.4 Å². The third-order valence-electron chi connectivity index (χ3n) is 4.96. The average Bonchev–Trinajstić information content (AvgIpc) is 3.14. The Morgan fingerprint density at radius 1 is 1.13 bits per heavy atom. The van der Waals surface area contributed by atoms with Gasteiger partial charge in [-0.3, -0.25) is 4.79 Å². The van der Waals surface area contributed by atoms with Crippen LogP contribution in [-0.2, 0) is 26.1 Å². The van der Waals surface area contributed by atoms with E-state index in [-0.39, 0.29) is 22.8 Å². The molecule has 0 saturated carbocycles. The van der Waals surface area contributed by atoms with E-state index in [1.807, 2.05) is 0 Å². The lowest BCUT2D eigenvalue weighted by atomic mass is 10.2. The Hall–Kier alpha value is -2.85. The average molecular weight is 451 g/mol. The van der Waals surface area contributed by atoms with Gasteiger partial charge >= 0.3 is 5.97 Å². The first-order chi connectivity index (χ1) is 14.9. The van der Waals surface area contributed by atoms with Crippen molar-refractivity contribution in [2.75, 3.05) is 26.8 Å². The molecular weight excluding hydrogens is 424 g/mol. The number of hydrogen-bond acceptors (Lipinski definition) is 7. The summed E-state index contributed by atoms with van der Waals surface area (Å²) in [5.41, 5.74) is 0.0213. The zero-order chi connectivity index (χ0) is 22.3. The molecule has 2 heterocycles. The van der Waals surface area contributed by atoms with Crippen molar-refractivity contribution in [2.24, 2.45) is 0 Å². The molecule has 0 unspecified atom stereocenters. The van der Waals surface area contributed by atoms with Crippen molar-refractivity contribution in [3.63, 3.8) is 0 Å². The number of amides is 1. The van der Waals surface area contributed by atoms with Crippen LogP contribution in [0.15, 0.2) is 45.9 Å². The fourth-order valence-electron chi connectivity index (χ4n) is 3.29. The van der Waals surface area contributed by atoms with Crippen LogP contribution in [0.5, 0.6) is 5.75 Å². The van der Waals surface area contributed by atoms with Gasteiger partial charge in [-0.25, -0.2) is 13.2 Å². The smallest absolute Gasteiger partial charge is 0.338 e. The fraction of sp³-hybridized carbons (Fsp3) is 0.429. The Bertz CT molecular complexity index is 995. The lowest BCUT2D eigenvalue weighted by Crippen LogP contribution is -2.32. The monoisotopic (exact) mass is 450 g/mol. The second-order valence-corrected chi connectivity index (χ2v) is 9.02. The summed E-state index contributed by atoms with van der Waals surface area (Å²) >= 11 is 0. The Morgan fingerprint density at radius 2 is 1.87 bits per heavy atom. The van der Waals surface area contributed by atoms with Gasteiger partial charge in [-0.05, 0) is 43.2 Å². The highest BCUT2D eigenvalue weighted by molar-refractivity contribution is 7.89. The molecule has 3 rings (SSSR count). The number of esters is 1.